The van der Waals surface area contributed by atoms with Crippen LogP contribution in [0, 0.1) is 0 Å². The molecule has 0 bridgehead atoms. The molecule has 1 unspecified atom stereocenters. The van der Waals surface area contributed by atoms with Crippen molar-refractivity contribution in [2.24, 2.45) is 7.05 Å². The number of rotatable bonds is 7. The fraction of sp³-hybridized carbons (Fsp3) is 0.357. The van der Waals surface area contributed by atoms with Gasteiger partial charge in [-0.1, -0.05) is 11.6 Å². The predicted molar refractivity (Wildman–Crippen MR) is 77.9 cm³/mol. The summed E-state index contributed by atoms with van der Waals surface area (Å²) < 4.78 is 7.21. The van der Waals surface area contributed by atoms with Crippen LogP contribution in [-0.2, 0) is 13.6 Å². The normalized spacial score (nSPS) is 12.3. The van der Waals surface area contributed by atoms with Gasteiger partial charge in [-0.25, -0.2) is 0 Å². The van der Waals surface area contributed by atoms with Crippen LogP contribution in [-0.4, -0.2) is 34.1 Å². The fourth-order valence-corrected chi connectivity index (χ4v) is 1.85. The average molecular weight is 296 g/mol. The zero-order chi connectivity index (χ0) is 14.4. The topological polar surface area (TPSA) is 59.3 Å². The molecule has 0 saturated carbocycles. The first-order valence-corrected chi connectivity index (χ1v) is 6.76. The Morgan fingerprint density at radius 3 is 2.80 bits per heavy atom. The second kappa shape index (κ2) is 7.28. The lowest BCUT2D eigenvalue weighted by molar-refractivity contribution is 0.106. The van der Waals surface area contributed by atoms with Gasteiger partial charge in [0.1, 0.15) is 18.5 Å². The van der Waals surface area contributed by atoms with E-state index in [-0.39, 0.29) is 6.61 Å². The number of aliphatic hydroxyl groups excluding tert-OH is 1. The smallest absolute Gasteiger partial charge is 0.119 e. The number of benzene rings is 1. The molecular formula is C14H18ClN3O2. The summed E-state index contributed by atoms with van der Waals surface area (Å²) in [6.07, 6.45) is 3.16. The van der Waals surface area contributed by atoms with Gasteiger partial charge < -0.3 is 15.2 Å². The van der Waals surface area contributed by atoms with Crippen LogP contribution in [0.15, 0.2) is 36.7 Å². The Hall–Kier alpha value is -1.56. The van der Waals surface area contributed by atoms with Crippen LogP contribution in [0.4, 0.5) is 0 Å². The van der Waals surface area contributed by atoms with Crippen LogP contribution in [0.2, 0.25) is 5.02 Å². The molecule has 0 aliphatic heterocycles. The molecule has 0 aliphatic rings. The van der Waals surface area contributed by atoms with E-state index in [1.54, 1.807) is 35.1 Å². The van der Waals surface area contributed by atoms with E-state index < -0.39 is 6.10 Å². The summed E-state index contributed by atoms with van der Waals surface area (Å²) >= 11 is 5.78. The van der Waals surface area contributed by atoms with Crippen LogP contribution < -0.4 is 10.1 Å². The minimum Gasteiger partial charge on any atom is -0.491 e. The van der Waals surface area contributed by atoms with Crippen molar-refractivity contribution in [2.75, 3.05) is 13.2 Å². The molecule has 2 N–H and O–H groups in total. The number of nitrogens with zero attached hydrogens (tertiary/aromatic N) is 2. The molecule has 0 fully saturated rings. The second-order valence-corrected chi connectivity index (χ2v) is 5.01. The summed E-state index contributed by atoms with van der Waals surface area (Å²) in [4.78, 5) is 0. The maximum atomic E-state index is 9.81. The SMILES string of the molecule is Cn1cc(CNCC(O)COc2ccc(Cl)cc2)cn1. The Balaban J connectivity index is 1.65. The molecule has 5 nitrogen and oxygen atoms in total. The van der Waals surface area contributed by atoms with E-state index in [9.17, 15) is 5.11 Å². The standard InChI is InChI=1S/C14H18ClN3O2/c1-18-9-11(7-17-18)6-16-8-13(19)10-20-14-4-2-12(15)3-5-14/h2-5,7,9,13,16,19H,6,8,10H2,1H3. The summed E-state index contributed by atoms with van der Waals surface area (Å²) in [5.74, 6) is 0.695. The van der Waals surface area contributed by atoms with Gasteiger partial charge in [0.2, 0.25) is 0 Å². The monoisotopic (exact) mass is 295 g/mol. The van der Waals surface area contributed by atoms with E-state index in [4.69, 9.17) is 16.3 Å². The molecule has 2 aromatic rings. The van der Waals surface area contributed by atoms with Crippen molar-refractivity contribution in [2.45, 2.75) is 12.6 Å². The molecule has 2 rings (SSSR count). The summed E-state index contributed by atoms with van der Waals surface area (Å²) in [6, 6.07) is 7.06. The van der Waals surface area contributed by atoms with Gasteiger partial charge in [0.15, 0.2) is 0 Å². The minimum absolute atomic E-state index is 0.238. The average Bonchev–Trinajstić information content (AvgIpc) is 2.84. The minimum atomic E-state index is -0.567. The fourth-order valence-electron chi connectivity index (χ4n) is 1.73. The van der Waals surface area contributed by atoms with Crippen molar-refractivity contribution in [3.8, 4) is 5.75 Å². The Morgan fingerprint density at radius 2 is 2.15 bits per heavy atom. The zero-order valence-electron chi connectivity index (χ0n) is 11.3. The molecule has 0 spiro atoms. The number of aryl methyl sites for hydroxylation is 1. The van der Waals surface area contributed by atoms with Crippen molar-refractivity contribution < 1.29 is 9.84 Å². The Labute approximate surface area is 123 Å². The summed E-state index contributed by atoms with van der Waals surface area (Å²) in [5.41, 5.74) is 1.08. The van der Waals surface area contributed by atoms with Crippen LogP contribution in [0.5, 0.6) is 5.75 Å². The molecule has 1 atom stereocenters. The summed E-state index contributed by atoms with van der Waals surface area (Å²) in [7, 11) is 1.87. The number of ether oxygens (including phenoxy) is 1. The van der Waals surface area contributed by atoms with Crippen LogP contribution >= 0.6 is 11.6 Å². The highest BCUT2D eigenvalue weighted by Crippen LogP contribution is 2.15. The lowest BCUT2D eigenvalue weighted by atomic mass is 10.3. The van der Waals surface area contributed by atoms with Gasteiger partial charge in [-0.3, -0.25) is 4.68 Å². The molecular weight excluding hydrogens is 278 g/mol. The van der Waals surface area contributed by atoms with Crippen molar-refractivity contribution in [1.29, 1.82) is 0 Å². The number of hydrogen-bond acceptors (Lipinski definition) is 4. The van der Waals surface area contributed by atoms with E-state index in [2.05, 4.69) is 10.4 Å². The van der Waals surface area contributed by atoms with Gasteiger partial charge in [0.05, 0.1) is 6.20 Å². The van der Waals surface area contributed by atoms with E-state index in [1.807, 2.05) is 13.2 Å². The molecule has 1 aromatic carbocycles. The molecule has 6 heteroatoms. The molecule has 1 aromatic heterocycles. The quantitative estimate of drug-likeness (QED) is 0.815. The molecule has 0 aliphatic carbocycles. The number of aliphatic hydroxyl groups is 1. The third-order valence-electron chi connectivity index (χ3n) is 2.72. The van der Waals surface area contributed by atoms with E-state index in [1.165, 1.54) is 0 Å². The zero-order valence-corrected chi connectivity index (χ0v) is 12.0. The van der Waals surface area contributed by atoms with Gasteiger partial charge in [-0.05, 0) is 24.3 Å². The van der Waals surface area contributed by atoms with Gasteiger partial charge in [0, 0.05) is 36.9 Å². The number of halogens is 1. The highest BCUT2D eigenvalue weighted by molar-refractivity contribution is 6.30. The first-order valence-electron chi connectivity index (χ1n) is 6.38. The Kier molecular flexibility index (Phi) is 5.40. The highest BCUT2D eigenvalue weighted by Gasteiger charge is 2.05. The lowest BCUT2D eigenvalue weighted by Gasteiger charge is -2.13. The van der Waals surface area contributed by atoms with Crippen LogP contribution in [0.25, 0.3) is 0 Å². The molecule has 1 heterocycles. The molecule has 0 saturated heterocycles. The van der Waals surface area contributed by atoms with Crippen LogP contribution in [0.3, 0.4) is 0 Å². The van der Waals surface area contributed by atoms with Gasteiger partial charge in [0.25, 0.3) is 0 Å². The molecule has 108 valence electrons. The van der Waals surface area contributed by atoms with E-state index in [0.717, 1.165) is 5.56 Å². The van der Waals surface area contributed by atoms with Gasteiger partial charge in [-0.15, -0.1) is 0 Å². The Bertz CT molecular complexity index is 527. The van der Waals surface area contributed by atoms with E-state index in [0.29, 0.717) is 23.9 Å². The largest absolute Gasteiger partial charge is 0.491 e. The van der Waals surface area contributed by atoms with Crippen molar-refractivity contribution in [1.82, 2.24) is 15.1 Å². The van der Waals surface area contributed by atoms with Crippen molar-refractivity contribution in [3.63, 3.8) is 0 Å². The third-order valence-corrected chi connectivity index (χ3v) is 2.98. The van der Waals surface area contributed by atoms with Crippen LogP contribution in [0.1, 0.15) is 5.56 Å². The summed E-state index contributed by atoms with van der Waals surface area (Å²) in [6.45, 7) is 1.37. The lowest BCUT2D eigenvalue weighted by Crippen LogP contribution is -2.31. The molecule has 20 heavy (non-hydrogen) atoms. The number of aromatic nitrogens is 2. The summed E-state index contributed by atoms with van der Waals surface area (Å²) in [5, 5.41) is 17.7. The third kappa shape index (κ3) is 4.85. The molecule has 0 amide bonds. The number of hydrogen-bond donors (Lipinski definition) is 2. The highest BCUT2D eigenvalue weighted by atomic mass is 35.5. The first-order chi connectivity index (χ1) is 9.63. The maximum Gasteiger partial charge on any atom is 0.119 e. The van der Waals surface area contributed by atoms with Crippen molar-refractivity contribution >= 4 is 11.6 Å². The van der Waals surface area contributed by atoms with E-state index >= 15 is 0 Å². The van der Waals surface area contributed by atoms with Crippen molar-refractivity contribution in [3.05, 3.63) is 47.2 Å². The second-order valence-electron chi connectivity index (χ2n) is 4.57. The molecule has 0 radical (unpaired) electrons. The Morgan fingerprint density at radius 1 is 1.40 bits per heavy atom. The van der Waals surface area contributed by atoms with Gasteiger partial charge in [-0.2, -0.15) is 5.10 Å². The first kappa shape index (κ1) is 14.8. The predicted octanol–water partition coefficient (Wildman–Crippen LogP) is 1.60. The maximum absolute atomic E-state index is 9.81. The van der Waals surface area contributed by atoms with Gasteiger partial charge >= 0.3 is 0 Å². The number of nitrogens with one attached hydrogen (secondary N) is 1.